The van der Waals surface area contributed by atoms with E-state index in [9.17, 15) is 23.1 Å². The average Bonchev–Trinajstić information content (AvgIpc) is 2.96. The normalized spacial score (nSPS) is 11.8. The molecule has 2 aromatic heterocycles. The van der Waals surface area contributed by atoms with Crippen LogP contribution in [0, 0.1) is 6.92 Å². The van der Waals surface area contributed by atoms with Gasteiger partial charge in [-0.2, -0.15) is 13.2 Å². The SMILES string of the molecule is Cc1c(O)n(-c2ccc(SC(F)(F)F)cc2)c(=O)n1Cc1ccnc2cccc(N(C)C)c12. The molecule has 0 saturated carbocycles. The van der Waals surface area contributed by atoms with Crippen LogP contribution in [-0.4, -0.2) is 38.8 Å². The molecular weight excluding hydrogens is 453 g/mol. The number of halogens is 3. The van der Waals surface area contributed by atoms with Crippen molar-refractivity contribution in [3.8, 4) is 11.6 Å². The Morgan fingerprint density at radius 1 is 1.09 bits per heavy atom. The Morgan fingerprint density at radius 3 is 2.42 bits per heavy atom. The molecule has 0 saturated heterocycles. The molecule has 0 aliphatic rings. The summed E-state index contributed by atoms with van der Waals surface area (Å²) in [5.41, 5.74) is -1.69. The Bertz CT molecular complexity index is 1370. The molecule has 172 valence electrons. The maximum absolute atomic E-state index is 13.2. The Hall–Kier alpha value is -3.40. The molecule has 6 nitrogen and oxygen atoms in total. The first kappa shape index (κ1) is 22.8. The summed E-state index contributed by atoms with van der Waals surface area (Å²) < 4.78 is 40.3. The van der Waals surface area contributed by atoms with Crippen LogP contribution in [0.1, 0.15) is 11.3 Å². The second kappa shape index (κ2) is 8.51. The predicted molar refractivity (Wildman–Crippen MR) is 124 cm³/mol. The van der Waals surface area contributed by atoms with Gasteiger partial charge in [0, 0.05) is 36.3 Å². The topological polar surface area (TPSA) is 63.3 Å². The van der Waals surface area contributed by atoms with Crippen LogP contribution in [0.4, 0.5) is 18.9 Å². The molecule has 4 rings (SSSR count). The summed E-state index contributed by atoms with van der Waals surface area (Å²) in [5.74, 6) is -0.262. The summed E-state index contributed by atoms with van der Waals surface area (Å²) in [6.07, 6.45) is 1.67. The number of rotatable bonds is 5. The highest BCUT2D eigenvalue weighted by atomic mass is 32.2. The van der Waals surface area contributed by atoms with Crippen molar-refractivity contribution in [2.75, 3.05) is 19.0 Å². The summed E-state index contributed by atoms with van der Waals surface area (Å²) >= 11 is -0.237. The summed E-state index contributed by atoms with van der Waals surface area (Å²) in [4.78, 5) is 19.6. The summed E-state index contributed by atoms with van der Waals surface area (Å²) in [7, 11) is 3.85. The van der Waals surface area contributed by atoms with Crippen LogP contribution in [0.15, 0.2) is 64.4 Å². The van der Waals surface area contributed by atoms with Gasteiger partial charge in [0.05, 0.1) is 23.4 Å². The zero-order chi connectivity index (χ0) is 23.9. The molecule has 0 radical (unpaired) electrons. The largest absolute Gasteiger partial charge is 0.493 e. The molecule has 0 aliphatic carbocycles. The Kier molecular flexibility index (Phi) is 5.87. The summed E-state index contributed by atoms with van der Waals surface area (Å²) in [5, 5.41) is 11.6. The number of fused-ring (bicyclic) bond motifs is 1. The predicted octanol–water partition coefficient (Wildman–Crippen LogP) is 4.93. The third kappa shape index (κ3) is 4.43. The lowest BCUT2D eigenvalue weighted by Gasteiger charge is -2.17. The number of hydrogen-bond acceptors (Lipinski definition) is 5. The highest BCUT2D eigenvalue weighted by molar-refractivity contribution is 8.00. The van der Waals surface area contributed by atoms with Gasteiger partial charge in [0.2, 0.25) is 5.88 Å². The van der Waals surface area contributed by atoms with Crippen molar-refractivity contribution in [3.63, 3.8) is 0 Å². The van der Waals surface area contributed by atoms with Crippen molar-refractivity contribution in [1.29, 1.82) is 0 Å². The van der Waals surface area contributed by atoms with Crippen LogP contribution < -0.4 is 10.6 Å². The van der Waals surface area contributed by atoms with Crippen LogP contribution in [0.2, 0.25) is 0 Å². The summed E-state index contributed by atoms with van der Waals surface area (Å²) in [6.45, 7) is 1.81. The minimum atomic E-state index is -4.40. The second-order valence-corrected chi connectivity index (χ2v) is 8.83. The van der Waals surface area contributed by atoms with Crippen LogP contribution >= 0.6 is 11.8 Å². The van der Waals surface area contributed by atoms with E-state index in [2.05, 4.69) is 4.98 Å². The van der Waals surface area contributed by atoms with E-state index in [4.69, 9.17) is 0 Å². The van der Waals surface area contributed by atoms with E-state index in [0.717, 1.165) is 26.7 Å². The third-order valence-corrected chi connectivity index (χ3v) is 6.07. The first-order chi connectivity index (χ1) is 15.6. The number of thioether (sulfide) groups is 1. The number of benzene rings is 2. The molecule has 0 amide bonds. The van der Waals surface area contributed by atoms with Gasteiger partial charge in [-0.15, -0.1) is 0 Å². The van der Waals surface area contributed by atoms with Crippen molar-refractivity contribution in [2.45, 2.75) is 23.9 Å². The molecule has 0 atom stereocenters. The van der Waals surface area contributed by atoms with E-state index in [1.807, 2.05) is 43.3 Å². The first-order valence-corrected chi connectivity index (χ1v) is 10.8. The number of pyridine rings is 1. The van der Waals surface area contributed by atoms with Gasteiger partial charge in [-0.3, -0.25) is 9.55 Å². The average molecular weight is 475 g/mol. The number of hydrogen-bond donors (Lipinski definition) is 1. The molecule has 0 aliphatic heterocycles. The lowest BCUT2D eigenvalue weighted by Crippen LogP contribution is -2.24. The monoisotopic (exact) mass is 474 g/mol. The van der Waals surface area contributed by atoms with Crippen LogP contribution in [0.25, 0.3) is 16.6 Å². The highest BCUT2D eigenvalue weighted by Gasteiger charge is 2.29. The van der Waals surface area contributed by atoms with Gasteiger partial charge in [0.15, 0.2) is 0 Å². The second-order valence-electron chi connectivity index (χ2n) is 7.69. The molecule has 2 heterocycles. The number of alkyl halides is 3. The Labute approximate surface area is 191 Å². The van der Waals surface area contributed by atoms with E-state index < -0.39 is 11.2 Å². The fourth-order valence-electron chi connectivity index (χ4n) is 3.78. The number of aromatic nitrogens is 3. The van der Waals surface area contributed by atoms with Gasteiger partial charge in [-0.1, -0.05) is 6.07 Å². The van der Waals surface area contributed by atoms with Gasteiger partial charge in [-0.05, 0) is 66.7 Å². The molecule has 0 fully saturated rings. The number of aromatic hydroxyl groups is 1. The Morgan fingerprint density at radius 2 is 1.79 bits per heavy atom. The van der Waals surface area contributed by atoms with E-state index in [-0.39, 0.29) is 34.8 Å². The zero-order valence-electron chi connectivity index (χ0n) is 18.1. The van der Waals surface area contributed by atoms with Crippen molar-refractivity contribution in [2.24, 2.45) is 0 Å². The van der Waals surface area contributed by atoms with Gasteiger partial charge in [-0.25, -0.2) is 9.36 Å². The first-order valence-electron chi connectivity index (χ1n) is 9.98. The Balaban J connectivity index is 1.77. The molecule has 0 unspecified atom stereocenters. The minimum Gasteiger partial charge on any atom is -0.493 e. The number of anilines is 1. The standard InChI is InChI=1S/C23H21F3N4O2S/c1-14-21(31)30(16-7-9-17(10-8-16)33-23(24,25)26)22(32)29(14)13-15-11-12-27-18-5-4-6-19(20(15)18)28(2)3/h4-12,31H,13H2,1-3H3. The molecule has 10 heteroatoms. The van der Waals surface area contributed by atoms with E-state index in [1.165, 1.54) is 28.8 Å². The summed E-state index contributed by atoms with van der Waals surface area (Å²) in [6, 6.07) is 12.9. The zero-order valence-corrected chi connectivity index (χ0v) is 18.9. The highest BCUT2D eigenvalue weighted by Crippen LogP contribution is 2.37. The van der Waals surface area contributed by atoms with Gasteiger partial charge in [0.25, 0.3) is 0 Å². The molecule has 1 N–H and O–H groups in total. The van der Waals surface area contributed by atoms with Crippen molar-refractivity contribution in [1.82, 2.24) is 14.1 Å². The fraction of sp³-hybridized carbons (Fsp3) is 0.217. The van der Waals surface area contributed by atoms with Crippen molar-refractivity contribution >= 4 is 28.4 Å². The van der Waals surface area contributed by atoms with E-state index in [1.54, 1.807) is 13.1 Å². The molecule has 0 bridgehead atoms. The van der Waals surface area contributed by atoms with E-state index in [0.29, 0.717) is 5.69 Å². The molecule has 0 spiro atoms. The van der Waals surface area contributed by atoms with Crippen molar-refractivity contribution in [3.05, 3.63) is 76.5 Å². The van der Waals surface area contributed by atoms with Crippen LogP contribution in [0.5, 0.6) is 5.88 Å². The molecular formula is C23H21F3N4O2S. The van der Waals surface area contributed by atoms with Gasteiger partial charge in [0.1, 0.15) is 0 Å². The number of nitrogens with zero attached hydrogens (tertiary/aromatic N) is 4. The maximum Gasteiger partial charge on any atom is 0.446 e. The number of imidazole rings is 1. The third-order valence-electron chi connectivity index (χ3n) is 5.33. The maximum atomic E-state index is 13.2. The van der Waals surface area contributed by atoms with Gasteiger partial charge >= 0.3 is 11.2 Å². The van der Waals surface area contributed by atoms with Crippen molar-refractivity contribution < 1.29 is 18.3 Å². The lowest BCUT2D eigenvalue weighted by molar-refractivity contribution is -0.0328. The quantitative estimate of drug-likeness (QED) is 0.416. The molecule has 4 aromatic rings. The molecule has 2 aromatic carbocycles. The fourth-order valence-corrected chi connectivity index (χ4v) is 4.32. The van der Waals surface area contributed by atoms with E-state index >= 15 is 0 Å². The smallest absolute Gasteiger partial charge is 0.446 e. The molecule has 33 heavy (non-hydrogen) atoms. The van der Waals surface area contributed by atoms with Gasteiger partial charge < -0.3 is 10.0 Å². The van der Waals surface area contributed by atoms with Crippen LogP contribution in [-0.2, 0) is 6.54 Å². The minimum absolute atomic E-state index is 0.00517. The van der Waals surface area contributed by atoms with Crippen LogP contribution in [0.3, 0.4) is 0 Å². The lowest BCUT2D eigenvalue weighted by atomic mass is 10.1.